The van der Waals surface area contributed by atoms with Crippen LogP contribution >= 0.6 is 35.0 Å². The van der Waals surface area contributed by atoms with Crippen molar-refractivity contribution in [3.05, 3.63) is 69.2 Å². The molecule has 0 radical (unpaired) electrons. The van der Waals surface area contributed by atoms with E-state index in [-0.39, 0.29) is 5.37 Å². The first-order valence-corrected chi connectivity index (χ1v) is 7.79. The van der Waals surface area contributed by atoms with Gasteiger partial charge >= 0.3 is 0 Å². The lowest BCUT2D eigenvalue weighted by molar-refractivity contribution is 0.744. The molecule has 20 heavy (non-hydrogen) atoms. The largest absolute Gasteiger partial charge is 0.291 e. The number of nitrogens with one attached hydrogen (secondary N) is 1. The molecule has 0 amide bonds. The van der Waals surface area contributed by atoms with Crippen LogP contribution in [-0.4, -0.2) is 5.04 Å². The SMILES string of the molecule is Cc1ccc(C2=NN[C@H](c3ccc(Cl)cc3Cl)S2)cc1. The van der Waals surface area contributed by atoms with Gasteiger partial charge in [0.1, 0.15) is 10.4 Å². The molecule has 0 bridgehead atoms. The Balaban J connectivity index is 1.80. The van der Waals surface area contributed by atoms with E-state index in [9.17, 15) is 0 Å². The molecule has 2 aromatic rings. The van der Waals surface area contributed by atoms with Crippen molar-refractivity contribution in [3.63, 3.8) is 0 Å². The molecule has 5 heteroatoms. The van der Waals surface area contributed by atoms with Crippen LogP contribution in [0.3, 0.4) is 0 Å². The summed E-state index contributed by atoms with van der Waals surface area (Å²) >= 11 is 13.8. The highest BCUT2D eigenvalue weighted by Gasteiger charge is 2.23. The van der Waals surface area contributed by atoms with Gasteiger partial charge in [-0.25, -0.2) is 0 Å². The zero-order chi connectivity index (χ0) is 14.1. The quantitative estimate of drug-likeness (QED) is 0.841. The Kier molecular flexibility index (Phi) is 3.92. The fraction of sp³-hybridized carbons (Fsp3) is 0.133. The maximum Gasteiger partial charge on any atom is 0.126 e. The van der Waals surface area contributed by atoms with Gasteiger partial charge in [-0.1, -0.05) is 70.9 Å². The van der Waals surface area contributed by atoms with E-state index in [1.54, 1.807) is 17.8 Å². The van der Waals surface area contributed by atoms with E-state index in [1.165, 1.54) is 5.56 Å². The maximum absolute atomic E-state index is 6.24. The Morgan fingerprint density at radius 1 is 1.10 bits per heavy atom. The molecule has 0 aliphatic carbocycles. The van der Waals surface area contributed by atoms with Gasteiger partial charge in [0.2, 0.25) is 0 Å². The number of hydrogen-bond donors (Lipinski definition) is 1. The molecule has 1 aliphatic heterocycles. The Bertz CT molecular complexity index is 668. The molecular formula is C15H12Cl2N2S. The fourth-order valence-corrected chi connectivity index (χ4v) is 3.58. The molecule has 0 unspecified atom stereocenters. The van der Waals surface area contributed by atoms with Crippen LogP contribution in [0.5, 0.6) is 0 Å². The van der Waals surface area contributed by atoms with Gasteiger partial charge in [-0.15, -0.1) is 0 Å². The number of nitrogens with zero attached hydrogens (tertiary/aromatic N) is 1. The van der Waals surface area contributed by atoms with Crippen LogP contribution in [0.15, 0.2) is 47.6 Å². The molecule has 0 spiro atoms. The minimum absolute atomic E-state index is 0.0241. The third-order valence-electron chi connectivity index (χ3n) is 3.06. The predicted octanol–water partition coefficient (Wildman–Crippen LogP) is 5.00. The van der Waals surface area contributed by atoms with Gasteiger partial charge in [-0.2, -0.15) is 5.10 Å². The van der Waals surface area contributed by atoms with Crippen molar-refractivity contribution in [2.75, 3.05) is 0 Å². The molecule has 102 valence electrons. The molecule has 1 N–H and O–H groups in total. The molecule has 1 heterocycles. The predicted molar refractivity (Wildman–Crippen MR) is 87.6 cm³/mol. The Morgan fingerprint density at radius 3 is 2.55 bits per heavy atom. The van der Waals surface area contributed by atoms with Crippen LogP contribution in [0.1, 0.15) is 22.1 Å². The summed E-state index contributed by atoms with van der Waals surface area (Å²) in [6.45, 7) is 2.07. The second-order valence-corrected chi connectivity index (χ2v) is 6.51. The molecular weight excluding hydrogens is 311 g/mol. The number of benzene rings is 2. The lowest BCUT2D eigenvalue weighted by Gasteiger charge is -2.11. The summed E-state index contributed by atoms with van der Waals surface area (Å²) in [7, 11) is 0. The van der Waals surface area contributed by atoms with Gasteiger partial charge in [0.25, 0.3) is 0 Å². The van der Waals surface area contributed by atoms with Gasteiger partial charge in [0, 0.05) is 21.2 Å². The summed E-state index contributed by atoms with van der Waals surface area (Å²) in [5, 5.41) is 6.69. The minimum Gasteiger partial charge on any atom is -0.291 e. The average molecular weight is 323 g/mol. The second-order valence-electron chi connectivity index (χ2n) is 4.58. The highest BCUT2D eigenvalue weighted by molar-refractivity contribution is 8.14. The van der Waals surface area contributed by atoms with E-state index in [0.717, 1.165) is 16.2 Å². The third-order valence-corrected chi connectivity index (χ3v) is 4.76. The summed E-state index contributed by atoms with van der Waals surface area (Å²) in [4.78, 5) is 0. The van der Waals surface area contributed by atoms with Crippen molar-refractivity contribution in [1.29, 1.82) is 0 Å². The molecule has 0 fully saturated rings. The Labute approximate surface area is 132 Å². The number of hydrazone groups is 1. The van der Waals surface area contributed by atoms with Crippen molar-refractivity contribution in [2.45, 2.75) is 12.3 Å². The normalized spacial score (nSPS) is 17.8. The number of rotatable bonds is 2. The fourth-order valence-electron chi connectivity index (χ4n) is 1.96. The van der Waals surface area contributed by atoms with Crippen molar-refractivity contribution >= 4 is 40.0 Å². The van der Waals surface area contributed by atoms with Crippen LogP contribution in [0.4, 0.5) is 0 Å². The van der Waals surface area contributed by atoms with Crippen molar-refractivity contribution in [3.8, 4) is 0 Å². The van der Waals surface area contributed by atoms with E-state index in [4.69, 9.17) is 23.2 Å². The first kappa shape index (κ1) is 13.8. The molecule has 3 rings (SSSR count). The average Bonchev–Trinajstić information content (AvgIpc) is 2.89. The molecule has 0 saturated carbocycles. The number of thioether (sulfide) groups is 1. The van der Waals surface area contributed by atoms with E-state index in [1.807, 2.05) is 12.1 Å². The zero-order valence-corrected chi connectivity index (χ0v) is 13.1. The molecule has 2 aromatic carbocycles. The first-order chi connectivity index (χ1) is 9.63. The zero-order valence-electron chi connectivity index (χ0n) is 10.7. The van der Waals surface area contributed by atoms with Gasteiger partial charge in [0.05, 0.1) is 0 Å². The molecule has 0 aromatic heterocycles. The highest BCUT2D eigenvalue weighted by atomic mass is 35.5. The summed E-state index contributed by atoms with van der Waals surface area (Å²) in [5.41, 5.74) is 6.46. The van der Waals surface area contributed by atoms with Gasteiger partial charge in [-0.05, 0) is 19.1 Å². The van der Waals surface area contributed by atoms with E-state index >= 15 is 0 Å². The van der Waals surface area contributed by atoms with Crippen LogP contribution in [0.25, 0.3) is 0 Å². The molecule has 1 aliphatic rings. The van der Waals surface area contributed by atoms with Crippen LogP contribution in [0.2, 0.25) is 10.0 Å². The first-order valence-electron chi connectivity index (χ1n) is 6.15. The standard InChI is InChI=1S/C15H12Cl2N2S/c1-9-2-4-10(5-3-9)14-18-19-15(20-14)12-7-6-11(16)8-13(12)17/h2-8,15,19H,1H3/t15-/m0/s1. The summed E-state index contributed by atoms with van der Waals surface area (Å²) in [6.07, 6.45) is 0. The van der Waals surface area contributed by atoms with Crippen LogP contribution in [0, 0.1) is 6.92 Å². The van der Waals surface area contributed by atoms with Crippen molar-refractivity contribution < 1.29 is 0 Å². The second kappa shape index (κ2) is 5.68. The topological polar surface area (TPSA) is 24.4 Å². The summed E-state index contributed by atoms with van der Waals surface area (Å²) in [6, 6.07) is 13.9. The smallest absolute Gasteiger partial charge is 0.126 e. The van der Waals surface area contributed by atoms with Crippen LogP contribution < -0.4 is 5.43 Å². The highest BCUT2D eigenvalue weighted by Crippen LogP contribution is 2.38. The molecule has 0 saturated heterocycles. The van der Waals surface area contributed by atoms with Crippen molar-refractivity contribution in [1.82, 2.24) is 5.43 Å². The Morgan fingerprint density at radius 2 is 1.85 bits per heavy atom. The van der Waals surface area contributed by atoms with E-state index in [2.05, 4.69) is 41.7 Å². The number of halogens is 2. The minimum atomic E-state index is 0.0241. The lowest BCUT2D eigenvalue weighted by Crippen LogP contribution is -2.07. The maximum atomic E-state index is 6.24. The summed E-state index contributed by atoms with van der Waals surface area (Å²) in [5.74, 6) is 0. The van der Waals surface area contributed by atoms with E-state index in [0.29, 0.717) is 10.0 Å². The van der Waals surface area contributed by atoms with E-state index < -0.39 is 0 Å². The Hall–Kier alpha value is -1.16. The number of aryl methyl sites for hydroxylation is 1. The summed E-state index contributed by atoms with van der Waals surface area (Å²) < 4.78 is 0. The van der Waals surface area contributed by atoms with Gasteiger partial charge < -0.3 is 0 Å². The monoisotopic (exact) mass is 322 g/mol. The molecule has 2 nitrogen and oxygen atoms in total. The lowest BCUT2D eigenvalue weighted by atomic mass is 10.2. The van der Waals surface area contributed by atoms with Gasteiger partial charge in [0.15, 0.2) is 0 Å². The van der Waals surface area contributed by atoms with Crippen molar-refractivity contribution in [2.24, 2.45) is 5.10 Å². The molecule has 1 atom stereocenters. The van der Waals surface area contributed by atoms with Crippen LogP contribution in [-0.2, 0) is 0 Å². The van der Waals surface area contributed by atoms with Gasteiger partial charge in [-0.3, -0.25) is 5.43 Å². The number of hydrogen-bond acceptors (Lipinski definition) is 3. The third kappa shape index (κ3) is 2.80.